The van der Waals surface area contributed by atoms with E-state index >= 15 is 0 Å². The fraction of sp³-hybridized carbons (Fsp3) is 0.739. The Hall–Kier alpha value is -1.58. The Morgan fingerprint density at radius 1 is 1.22 bits per heavy atom. The quantitative estimate of drug-likeness (QED) is 0.492. The molecule has 3 fully saturated rings. The zero-order chi connectivity index (χ0) is 19.4. The lowest BCUT2D eigenvalue weighted by Crippen LogP contribution is -2.51. The monoisotopic (exact) mass is 372 g/mol. The van der Waals surface area contributed by atoms with Gasteiger partial charge in [0.1, 0.15) is 6.10 Å². The molecule has 0 aromatic heterocycles. The third kappa shape index (κ3) is 2.78. The standard InChI is InChI=1S/C23H32O4/c1-5-26-21(25)27-20-9-8-17-16-7-6-15-12-19(24)14(2)13-23(15,4)18(16)10-11-22(17,20)3/h12,16-18,20H,2,5-11,13H2,1,3-4H3/t16-,17-,18-,20+,22+,23-/m1/s1. The Balaban J connectivity index is 1.58. The van der Waals surface area contributed by atoms with Crippen LogP contribution in [0.4, 0.5) is 4.79 Å². The summed E-state index contributed by atoms with van der Waals surface area (Å²) in [4.78, 5) is 24.1. The average molecular weight is 373 g/mol. The van der Waals surface area contributed by atoms with E-state index in [-0.39, 0.29) is 22.7 Å². The van der Waals surface area contributed by atoms with E-state index in [9.17, 15) is 9.59 Å². The van der Waals surface area contributed by atoms with Gasteiger partial charge in [-0.2, -0.15) is 0 Å². The van der Waals surface area contributed by atoms with Gasteiger partial charge in [0.15, 0.2) is 5.78 Å². The Labute approximate surface area is 162 Å². The topological polar surface area (TPSA) is 52.6 Å². The molecule has 4 heteroatoms. The molecular formula is C23H32O4. The molecular weight excluding hydrogens is 340 g/mol. The van der Waals surface area contributed by atoms with Gasteiger partial charge in [-0.05, 0) is 86.7 Å². The second-order valence-electron chi connectivity index (χ2n) is 9.56. The summed E-state index contributed by atoms with van der Waals surface area (Å²) < 4.78 is 10.8. The lowest BCUT2D eigenvalue weighted by Gasteiger charge is -2.57. The average Bonchev–Trinajstić information content (AvgIpc) is 2.93. The summed E-state index contributed by atoms with van der Waals surface area (Å²) in [6.07, 6.45) is 8.59. The third-order valence-corrected chi connectivity index (χ3v) is 8.38. The first-order valence-electron chi connectivity index (χ1n) is 10.6. The molecule has 0 amide bonds. The van der Waals surface area contributed by atoms with E-state index in [4.69, 9.17) is 9.47 Å². The molecule has 0 radical (unpaired) electrons. The summed E-state index contributed by atoms with van der Waals surface area (Å²) in [6.45, 7) is 10.9. The summed E-state index contributed by atoms with van der Waals surface area (Å²) in [7, 11) is 0. The SMILES string of the molecule is C=C1C[C@]2(C)C(=CC1=O)CC[C@@H]1[C@H]3CC[C@H](OC(=O)OCC)[C@@]3(C)CC[C@H]12. The molecule has 0 saturated heterocycles. The highest BCUT2D eigenvalue weighted by Gasteiger charge is 2.60. The van der Waals surface area contributed by atoms with Gasteiger partial charge in [-0.25, -0.2) is 4.79 Å². The van der Waals surface area contributed by atoms with Crippen molar-refractivity contribution in [3.8, 4) is 0 Å². The van der Waals surface area contributed by atoms with Crippen LogP contribution in [0, 0.1) is 28.6 Å². The van der Waals surface area contributed by atoms with Gasteiger partial charge >= 0.3 is 6.16 Å². The first-order valence-corrected chi connectivity index (χ1v) is 10.6. The van der Waals surface area contributed by atoms with Gasteiger partial charge in [-0.1, -0.05) is 26.0 Å². The number of ketones is 1. The summed E-state index contributed by atoms with van der Waals surface area (Å²) in [6, 6.07) is 0. The molecule has 0 bridgehead atoms. The fourth-order valence-corrected chi connectivity index (χ4v) is 7.01. The molecule has 4 rings (SSSR count). The van der Waals surface area contributed by atoms with E-state index in [2.05, 4.69) is 20.4 Å². The summed E-state index contributed by atoms with van der Waals surface area (Å²) >= 11 is 0. The van der Waals surface area contributed by atoms with Crippen LogP contribution in [0.2, 0.25) is 0 Å². The Kier molecular flexibility index (Phi) is 4.51. The van der Waals surface area contributed by atoms with Crippen LogP contribution in [0.25, 0.3) is 0 Å². The van der Waals surface area contributed by atoms with Crippen LogP contribution in [-0.4, -0.2) is 24.6 Å². The van der Waals surface area contributed by atoms with Crippen LogP contribution >= 0.6 is 0 Å². The van der Waals surface area contributed by atoms with Crippen LogP contribution in [0.15, 0.2) is 23.8 Å². The normalized spacial score (nSPS) is 43.3. The number of allylic oxidation sites excluding steroid dienone is 2. The van der Waals surface area contributed by atoms with Crippen molar-refractivity contribution in [1.82, 2.24) is 0 Å². The summed E-state index contributed by atoms with van der Waals surface area (Å²) in [5.74, 6) is 1.95. The largest absolute Gasteiger partial charge is 0.508 e. The Bertz CT molecular complexity index is 707. The number of hydrogen-bond acceptors (Lipinski definition) is 4. The zero-order valence-electron chi connectivity index (χ0n) is 16.9. The molecule has 4 aliphatic carbocycles. The molecule has 0 heterocycles. The van der Waals surface area contributed by atoms with Gasteiger partial charge < -0.3 is 9.47 Å². The summed E-state index contributed by atoms with van der Waals surface area (Å²) in [5, 5.41) is 0. The molecule has 4 nitrogen and oxygen atoms in total. The maximum atomic E-state index is 12.1. The van der Waals surface area contributed by atoms with Gasteiger partial charge in [0.25, 0.3) is 0 Å². The molecule has 0 aliphatic heterocycles. The van der Waals surface area contributed by atoms with Crippen LogP contribution in [0.3, 0.4) is 0 Å². The lowest BCUT2D eigenvalue weighted by molar-refractivity contribution is -0.113. The zero-order valence-corrected chi connectivity index (χ0v) is 16.9. The van der Waals surface area contributed by atoms with E-state index < -0.39 is 6.16 Å². The number of carbonyl (C=O) groups is 2. The van der Waals surface area contributed by atoms with Gasteiger partial charge in [-0.15, -0.1) is 0 Å². The number of fused-ring (bicyclic) bond motifs is 5. The number of hydrogen-bond donors (Lipinski definition) is 0. The van der Waals surface area contributed by atoms with E-state index in [0.29, 0.717) is 24.4 Å². The maximum Gasteiger partial charge on any atom is 0.508 e. The van der Waals surface area contributed by atoms with Crippen molar-refractivity contribution in [1.29, 1.82) is 0 Å². The highest BCUT2D eigenvalue weighted by molar-refractivity contribution is 6.05. The smallest absolute Gasteiger partial charge is 0.435 e. The van der Waals surface area contributed by atoms with E-state index in [0.717, 1.165) is 50.5 Å². The van der Waals surface area contributed by atoms with Gasteiger partial charge in [-0.3, -0.25) is 4.79 Å². The van der Waals surface area contributed by atoms with Crippen molar-refractivity contribution in [2.24, 2.45) is 28.6 Å². The van der Waals surface area contributed by atoms with E-state index in [1.54, 1.807) is 0 Å². The molecule has 148 valence electrons. The summed E-state index contributed by atoms with van der Waals surface area (Å²) in [5.41, 5.74) is 2.25. The molecule has 0 spiro atoms. The highest BCUT2D eigenvalue weighted by Crippen LogP contribution is 2.65. The molecule has 0 aromatic rings. The second kappa shape index (κ2) is 6.49. The molecule has 0 unspecified atom stereocenters. The highest BCUT2D eigenvalue weighted by atomic mass is 16.7. The van der Waals surface area contributed by atoms with Gasteiger partial charge in [0, 0.05) is 5.41 Å². The Morgan fingerprint density at radius 2 is 2.00 bits per heavy atom. The maximum absolute atomic E-state index is 12.1. The number of carbonyl (C=O) groups excluding carboxylic acids is 2. The molecule has 0 aromatic carbocycles. The minimum atomic E-state index is -0.519. The van der Waals surface area contributed by atoms with E-state index in [1.807, 2.05) is 13.0 Å². The minimum absolute atomic E-state index is 0.0323. The third-order valence-electron chi connectivity index (χ3n) is 8.38. The second-order valence-corrected chi connectivity index (χ2v) is 9.56. The van der Waals surface area contributed by atoms with Crippen molar-refractivity contribution >= 4 is 11.9 Å². The molecule has 27 heavy (non-hydrogen) atoms. The Morgan fingerprint density at radius 3 is 2.74 bits per heavy atom. The molecule has 4 aliphatic rings. The first kappa shape index (κ1) is 18.8. The number of ether oxygens (including phenoxy) is 2. The fourth-order valence-electron chi connectivity index (χ4n) is 7.01. The van der Waals surface area contributed by atoms with Crippen molar-refractivity contribution in [3.05, 3.63) is 23.8 Å². The minimum Gasteiger partial charge on any atom is -0.435 e. The molecule has 0 N–H and O–H groups in total. The van der Waals surface area contributed by atoms with Crippen molar-refractivity contribution in [2.75, 3.05) is 6.61 Å². The molecule has 6 atom stereocenters. The number of rotatable bonds is 2. The van der Waals surface area contributed by atoms with Gasteiger partial charge in [0.2, 0.25) is 0 Å². The lowest BCUT2D eigenvalue weighted by atomic mass is 9.47. The predicted molar refractivity (Wildman–Crippen MR) is 103 cm³/mol. The van der Waals surface area contributed by atoms with Crippen molar-refractivity contribution < 1.29 is 19.1 Å². The van der Waals surface area contributed by atoms with Crippen molar-refractivity contribution in [3.63, 3.8) is 0 Å². The first-order chi connectivity index (χ1) is 12.8. The van der Waals surface area contributed by atoms with Crippen LogP contribution in [0.5, 0.6) is 0 Å². The van der Waals surface area contributed by atoms with Crippen LogP contribution in [-0.2, 0) is 14.3 Å². The van der Waals surface area contributed by atoms with Crippen LogP contribution < -0.4 is 0 Å². The molecule has 3 saturated carbocycles. The van der Waals surface area contributed by atoms with E-state index in [1.165, 1.54) is 5.57 Å². The van der Waals surface area contributed by atoms with Gasteiger partial charge in [0.05, 0.1) is 6.61 Å². The van der Waals surface area contributed by atoms with Crippen LogP contribution in [0.1, 0.15) is 65.7 Å². The van der Waals surface area contributed by atoms with Crippen molar-refractivity contribution in [2.45, 2.75) is 71.8 Å². The predicted octanol–water partition coefficient (Wildman–Crippen LogP) is 5.23.